The van der Waals surface area contributed by atoms with E-state index in [4.69, 9.17) is 9.47 Å². The van der Waals surface area contributed by atoms with Crippen LogP contribution in [0.4, 0.5) is 0 Å². The average molecular weight is 422 g/mol. The lowest BCUT2D eigenvalue weighted by Gasteiger charge is -2.37. The Bertz CT molecular complexity index is 981. The lowest BCUT2D eigenvalue weighted by Crippen LogP contribution is -2.38. The first kappa shape index (κ1) is 21.6. The fourth-order valence-corrected chi connectivity index (χ4v) is 4.73. The number of rotatable bonds is 7. The van der Waals surface area contributed by atoms with Crippen LogP contribution in [-0.2, 0) is 20.7 Å². The molecule has 0 radical (unpaired) electrons. The summed E-state index contributed by atoms with van der Waals surface area (Å²) in [5, 5.41) is 9.45. The van der Waals surface area contributed by atoms with E-state index in [1.165, 1.54) is 27.2 Å². The van der Waals surface area contributed by atoms with E-state index in [0.717, 1.165) is 18.4 Å². The third-order valence-electron chi connectivity index (χ3n) is 6.23. The molecule has 2 aromatic carbocycles. The van der Waals surface area contributed by atoms with Gasteiger partial charge in [-0.1, -0.05) is 42.5 Å². The van der Waals surface area contributed by atoms with Crippen molar-refractivity contribution in [3.63, 3.8) is 0 Å². The number of hydrogen-bond donors (Lipinski definition) is 1. The highest BCUT2D eigenvalue weighted by Gasteiger charge is 2.38. The number of ether oxygens (including phenoxy) is 2. The fraction of sp³-hybridized carbons (Fsp3) is 0.423. The van der Waals surface area contributed by atoms with Gasteiger partial charge in [-0.05, 0) is 60.1 Å². The molecule has 0 aromatic heterocycles. The molecule has 0 unspecified atom stereocenters. The van der Waals surface area contributed by atoms with Gasteiger partial charge in [-0.3, -0.25) is 4.79 Å². The van der Waals surface area contributed by atoms with Crippen molar-refractivity contribution >= 4 is 5.91 Å². The highest BCUT2D eigenvalue weighted by atomic mass is 16.7. The molecule has 0 saturated heterocycles. The number of amides is 1. The van der Waals surface area contributed by atoms with Gasteiger partial charge in [-0.2, -0.15) is 0 Å². The molecule has 0 fully saturated rings. The number of allylic oxidation sites excluding steroid dienone is 1. The van der Waals surface area contributed by atoms with E-state index in [1.54, 1.807) is 14.1 Å². The quantitative estimate of drug-likeness (QED) is 0.624. The fourth-order valence-electron chi connectivity index (χ4n) is 4.73. The number of carbonyl (C=O) groups is 1. The normalized spacial score (nSPS) is 21.7. The van der Waals surface area contributed by atoms with Crippen molar-refractivity contribution in [2.75, 3.05) is 27.3 Å². The van der Waals surface area contributed by atoms with Crippen LogP contribution in [0.1, 0.15) is 42.4 Å². The zero-order chi connectivity index (χ0) is 22.0. The van der Waals surface area contributed by atoms with Gasteiger partial charge >= 0.3 is 0 Å². The predicted octanol–water partition coefficient (Wildman–Crippen LogP) is 4.10. The van der Waals surface area contributed by atoms with Gasteiger partial charge in [0.15, 0.2) is 5.76 Å². The van der Waals surface area contributed by atoms with Gasteiger partial charge < -0.3 is 19.5 Å². The van der Waals surface area contributed by atoms with Crippen molar-refractivity contribution in [2.24, 2.45) is 5.92 Å². The molecule has 0 spiro atoms. The summed E-state index contributed by atoms with van der Waals surface area (Å²) < 4.78 is 12.0. The van der Waals surface area contributed by atoms with Crippen LogP contribution in [0, 0.1) is 5.92 Å². The number of aliphatic hydroxyl groups excluding tert-OH is 1. The van der Waals surface area contributed by atoms with E-state index in [9.17, 15) is 9.90 Å². The number of benzene rings is 2. The average Bonchev–Trinajstić information content (AvgIpc) is 3.15. The molecule has 1 amide bonds. The van der Waals surface area contributed by atoms with Crippen molar-refractivity contribution in [2.45, 2.75) is 38.4 Å². The summed E-state index contributed by atoms with van der Waals surface area (Å²) >= 11 is 0. The largest absolute Gasteiger partial charge is 0.459 e. The van der Waals surface area contributed by atoms with E-state index in [-0.39, 0.29) is 24.3 Å². The number of aliphatic hydroxyl groups is 1. The van der Waals surface area contributed by atoms with E-state index in [2.05, 4.69) is 42.5 Å². The van der Waals surface area contributed by atoms with E-state index in [0.29, 0.717) is 18.8 Å². The van der Waals surface area contributed by atoms with Gasteiger partial charge in [0, 0.05) is 39.1 Å². The Morgan fingerprint density at radius 1 is 1.16 bits per heavy atom. The summed E-state index contributed by atoms with van der Waals surface area (Å²) in [6.07, 6.45) is 3.77. The number of nitrogens with zero attached hydrogens (tertiary/aromatic N) is 1. The Kier molecular flexibility index (Phi) is 6.44. The Morgan fingerprint density at radius 3 is 2.68 bits per heavy atom. The lowest BCUT2D eigenvalue weighted by atomic mass is 9.79. The van der Waals surface area contributed by atoms with Gasteiger partial charge in [-0.25, -0.2) is 0 Å². The zero-order valence-corrected chi connectivity index (χ0v) is 18.5. The second-order valence-electron chi connectivity index (χ2n) is 8.48. The molecular formula is C26H31NO4. The standard InChI is InChI=1S/C26H31NO4/c1-4-30-26-22(10-7-13-28)23(16-24(31-26)25(29)27(2)3)18-11-12-21-19(15-18)14-17-8-5-6-9-20(17)21/h5-6,8-9,11-12,15-16,22-23,26,28H,4,7,10,13-14H2,1-3H3/t22-,23-,26-/m1/s1. The molecule has 4 rings (SSSR count). The molecular weight excluding hydrogens is 390 g/mol. The van der Waals surface area contributed by atoms with Gasteiger partial charge in [0.2, 0.25) is 6.29 Å². The Hall–Kier alpha value is -2.63. The highest BCUT2D eigenvalue weighted by Crippen LogP contribution is 2.43. The van der Waals surface area contributed by atoms with Gasteiger partial charge in [0.1, 0.15) is 0 Å². The summed E-state index contributed by atoms with van der Waals surface area (Å²) in [5.41, 5.74) is 6.41. The van der Waals surface area contributed by atoms with Crippen molar-refractivity contribution in [3.05, 3.63) is 71.0 Å². The molecule has 1 aliphatic carbocycles. The molecule has 0 saturated carbocycles. The molecule has 1 heterocycles. The van der Waals surface area contributed by atoms with E-state index in [1.807, 2.05) is 13.0 Å². The van der Waals surface area contributed by atoms with Gasteiger partial charge in [-0.15, -0.1) is 0 Å². The van der Waals surface area contributed by atoms with Crippen LogP contribution < -0.4 is 0 Å². The van der Waals surface area contributed by atoms with Crippen LogP contribution in [0.5, 0.6) is 0 Å². The Balaban J connectivity index is 1.74. The monoisotopic (exact) mass is 421 g/mol. The van der Waals surface area contributed by atoms with Crippen LogP contribution >= 0.6 is 0 Å². The van der Waals surface area contributed by atoms with Crippen LogP contribution in [0.25, 0.3) is 11.1 Å². The second kappa shape index (κ2) is 9.25. The maximum absolute atomic E-state index is 12.7. The molecule has 0 bridgehead atoms. The lowest BCUT2D eigenvalue weighted by molar-refractivity contribution is -0.169. The number of hydrogen-bond acceptors (Lipinski definition) is 4. The number of carbonyl (C=O) groups excluding carboxylic acids is 1. The van der Waals surface area contributed by atoms with Crippen LogP contribution in [0.15, 0.2) is 54.3 Å². The minimum absolute atomic E-state index is 0.0210. The maximum Gasteiger partial charge on any atom is 0.288 e. The molecule has 5 nitrogen and oxygen atoms in total. The van der Waals surface area contributed by atoms with Crippen molar-refractivity contribution in [1.82, 2.24) is 4.90 Å². The Morgan fingerprint density at radius 2 is 1.94 bits per heavy atom. The zero-order valence-electron chi connectivity index (χ0n) is 18.5. The minimum Gasteiger partial charge on any atom is -0.459 e. The first-order valence-corrected chi connectivity index (χ1v) is 11.1. The highest BCUT2D eigenvalue weighted by molar-refractivity contribution is 5.91. The topological polar surface area (TPSA) is 59.0 Å². The maximum atomic E-state index is 12.7. The molecule has 2 aliphatic rings. The SMILES string of the molecule is CCO[C@@H]1OC(C(=O)N(C)C)=C[C@H](c2ccc3c(c2)Cc2ccccc2-3)[C@H]1CCCO. The number of fused-ring (bicyclic) bond motifs is 3. The van der Waals surface area contributed by atoms with E-state index >= 15 is 0 Å². The minimum atomic E-state index is -0.518. The van der Waals surface area contributed by atoms with Crippen LogP contribution in [-0.4, -0.2) is 49.5 Å². The summed E-state index contributed by atoms with van der Waals surface area (Å²) in [5.74, 6) is 0.166. The van der Waals surface area contributed by atoms with Gasteiger partial charge in [0.05, 0.1) is 0 Å². The number of likely N-dealkylation sites (N-methyl/N-ethyl adjacent to an activating group) is 1. The molecule has 2 aromatic rings. The molecule has 5 heteroatoms. The summed E-state index contributed by atoms with van der Waals surface area (Å²) in [6.45, 7) is 2.55. The van der Waals surface area contributed by atoms with E-state index < -0.39 is 6.29 Å². The third kappa shape index (κ3) is 4.25. The van der Waals surface area contributed by atoms with Crippen LogP contribution in [0.3, 0.4) is 0 Å². The third-order valence-corrected chi connectivity index (χ3v) is 6.23. The molecule has 1 aliphatic heterocycles. The summed E-state index contributed by atoms with van der Waals surface area (Å²) in [7, 11) is 3.45. The molecule has 3 atom stereocenters. The smallest absolute Gasteiger partial charge is 0.288 e. The van der Waals surface area contributed by atoms with Gasteiger partial charge in [0.25, 0.3) is 5.91 Å². The first-order valence-electron chi connectivity index (χ1n) is 11.1. The van der Waals surface area contributed by atoms with Crippen LogP contribution in [0.2, 0.25) is 0 Å². The first-order chi connectivity index (χ1) is 15.0. The summed E-state index contributed by atoms with van der Waals surface area (Å²) in [4.78, 5) is 14.2. The van der Waals surface area contributed by atoms with Crippen molar-refractivity contribution in [1.29, 1.82) is 0 Å². The second-order valence-corrected chi connectivity index (χ2v) is 8.48. The van der Waals surface area contributed by atoms with Crippen molar-refractivity contribution in [3.8, 4) is 11.1 Å². The molecule has 164 valence electrons. The van der Waals surface area contributed by atoms with Crippen molar-refractivity contribution < 1.29 is 19.4 Å². The summed E-state index contributed by atoms with van der Waals surface area (Å²) in [6, 6.07) is 15.2. The molecule has 31 heavy (non-hydrogen) atoms. The predicted molar refractivity (Wildman–Crippen MR) is 121 cm³/mol. The molecule has 1 N–H and O–H groups in total. The Labute approximate surface area is 184 Å².